The Balaban J connectivity index is 2.19. The Labute approximate surface area is 105 Å². The van der Waals surface area contributed by atoms with Gasteiger partial charge in [-0.2, -0.15) is 4.98 Å². The smallest absolute Gasteiger partial charge is 0.252 e. The zero-order valence-electron chi connectivity index (χ0n) is 8.91. The lowest BCUT2D eigenvalue weighted by Crippen LogP contribution is -1.86. The minimum absolute atomic E-state index is 0.285. The van der Waals surface area contributed by atoms with Gasteiger partial charge in [0.1, 0.15) is 10.4 Å². The second-order valence-electron chi connectivity index (χ2n) is 3.71. The summed E-state index contributed by atoms with van der Waals surface area (Å²) in [6.07, 6.45) is 0. The second-order valence-corrected chi connectivity index (χ2v) is 4.46. The number of aryl methyl sites for hydroxylation is 1. The standard InChI is InChI=1S/C11H8BrFN4/c1-6-9(12)17-11(14-6)15-10(16-17)7-3-2-4-8(13)5-7/h2-5H,1H3,(H,14,15,16). The molecule has 2 heterocycles. The van der Waals surface area contributed by atoms with Crippen LogP contribution in [0.5, 0.6) is 0 Å². The molecule has 0 saturated carbocycles. The van der Waals surface area contributed by atoms with Crippen molar-refractivity contribution in [3.8, 4) is 11.4 Å². The summed E-state index contributed by atoms with van der Waals surface area (Å²) in [5, 5.41) is 3.06. The number of hydrogen-bond donors (Lipinski definition) is 1. The van der Waals surface area contributed by atoms with E-state index in [-0.39, 0.29) is 5.82 Å². The number of fused-ring (bicyclic) bond motifs is 1. The van der Waals surface area contributed by atoms with Gasteiger partial charge in [0.2, 0.25) is 0 Å². The van der Waals surface area contributed by atoms with Gasteiger partial charge in [0.15, 0.2) is 5.82 Å². The van der Waals surface area contributed by atoms with Crippen LogP contribution in [0.15, 0.2) is 28.9 Å². The lowest BCUT2D eigenvalue weighted by Gasteiger charge is -1.95. The van der Waals surface area contributed by atoms with Gasteiger partial charge < -0.3 is 0 Å². The van der Waals surface area contributed by atoms with E-state index in [2.05, 4.69) is 31.0 Å². The van der Waals surface area contributed by atoms with Crippen LogP contribution in [0.3, 0.4) is 0 Å². The Bertz CT molecular complexity index is 701. The van der Waals surface area contributed by atoms with E-state index < -0.39 is 0 Å². The van der Waals surface area contributed by atoms with Crippen molar-refractivity contribution in [3.05, 3.63) is 40.4 Å². The van der Waals surface area contributed by atoms with E-state index in [4.69, 9.17) is 0 Å². The van der Waals surface area contributed by atoms with Gasteiger partial charge in [0.05, 0.1) is 5.69 Å². The van der Waals surface area contributed by atoms with Gasteiger partial charge in [-0.05, 0) is 35.0 Å². The Hall–Kier alpha value is -1.69. The molecule has 1 N–H and O–H groups in total. The molecule has 0 amide bonds. The second kappa shape index (κ2) is 3.66. The van der Waals surface area contributed by atoms with Gasteiger partial charge in [-0.1, -0.05) is 12.1 Å². The molecule has 0 aliphatic heterocycles. The number of imidazole rings is 1. The number of nitrogens with one attached hydrogen (secondary N) is 1. The molecule has 4 nitrogen and oxygen atoms in total. The van der Waals surface area contributed by atoms with E-state index in [9.17, 15) is 4.39 Å². The average molecular weight is 295 g/mol. The van der Waals surface area contributed by atoms with Crippen LogP contribution < -0.4 is 0 Å². The highest BCUT2D eigenvalue weighted by Crippen LogP contribution is 2.21. The minimum atomic E-state index is -0.285. The molecule has 0 fully saturated rings. The average Bonchev–Trinajstić information content (AvgIpc) is 2.81. The third-order valence-corrected chi connectivity index (χ3v) is 3.42. The molecule has 0 bridgehead atoms. The molecule has 0 aliphatic rings. The number of rotatable bonds is 1. The summed E-state index contributed by atoms with van der Waals surface area (Å²) in [5.74, 6) is 0.869. The first-order valence-corrected chi connectivity index (χ1v) is 5.81. The number of H-pyrrole nitrogens is 1. The molecule has 0 unspecified atom stereocenters. The fourth-order valence-corrected chi connectivity index (χ4v) is 2.00. The van der Waals surface area contributed by atoms with Crippen LogP contribution in [-0.2, 0) is 0 Å². The Morgan fingerprint density at radius 3 is 2.88 bits per heavy atom. The summed E-state index contributed by atoms with van der Waals surface area (Å²) < 4.78 is 15.6. The van der Waals surface area contributed by atoms with Crippen molar-refractivity contribution in [1.82, 2.24) is 19.6 Å². The molecule has 0 radical (unpaired) electrons. The lowest BCUT2D eigenvalue weighted by molar-refractivity contribution is 0.628. The molecule has 1 aromatic carbocycles. The van der Waals surface area contributed by atoms with Crippen molar-refractivity contribution in [1.29, 1.82) is 0 Å². The molecule has 0 atom stereocenters. The SMILES string of the molecule is Cc1nc2nc(-c3cccc(F)c3)[nH]n2c1Br. The van der Waals surface area contributed by atoms with Gasteiger partial charge in [0, 0.05) is 5.56 Å². The van der Waals surface area contributed by atoms with E-state index in [1.165, 1.54) is 12.1 Å². The summed E-state index contributed by atoms with van der Waals surface area (Å²) in [5.41, 5.74) is 1.55. The largest absolute Gasteiger partial charge is 0.273 e. The summed E-state index contributed by atoms with van der Waals surface area (Å²) >= 11 is 3.41. The maximum atomic E-state index is 13.1. The van der Waals surface area contributed by atoms with Crippen LogP contribution in [0, 0.1) is 12.7 Å². The van der Waals surface area contributed by atoms with Gasteiger partial charge in [-0.15, -0.1) is 0 Å². The lowest BCUT2D eigenvalue weighted by atomic mass is 10.2. The Kier molecular flexibility index (Phi) is 2.25. The highest BCUT2D eigenvalue weighted by molar-refractivity contribution is 9.10. The van der Waals surface area contributed by atoms with Crippen LogP contribution in [-0.4, -0.2) is 19.6 Å². The van der Waals surface area contributed by atoms with Crippen molar-refractivity contribution in [2.75, 3.05) is 0 Å². The molecule has 86 valence electrons. The monoisotopic (exact) mass is 294 g/mol. The normalized spacial score (nSPS) is 11.2. The van der Waals surface area contributed by atoms with Gasteiger partial charge in [-0.25, -0.2) is 13.9 Å². The number of halogens is 2. The molecular formula is C11H8BrFN4. The summed E-state index contributed by atoms with van der Waals surface area (Å²) in [7, 11) is 0. The third-order valence-electron chi connectivity index (χ3n) is 2.49. The number of aromatic amines is 1. The zero-order chi connectivity index (χ0) is 12.0. The molecule has 0 spiro atoms. The first-order chi connectivity index (χ1) is 8.15. The summed E-state index contributed by atoms with van der Waals surface area (Å²) in [6, 6.07) is 6.27. The first kappa shape index (κ1) is 10.5. The number of benzene rings is 1. The number of aromatic nitrogens is 4. The third kappa shape index (κ3) is 1.64. The first-order valence-electron chi connectivity index (χ1n) is 5.01. The van der Waals surface area contributed by atoms with Gasteiger partial charge in [-0.3, -0.25) is 5.10 Å². The van der Waals surface area contributed by atoms with Gasteiger partial charge >= 0.3 is 0 Å². The molecule has 3 rings (SSSR count). The molecule has 3 aromatic rings. The topological polar surface area (TPSA) is 46.0 Å². The van der Waals surface area contributed by atoms with Gasteiger partial charge in [0.25, 0.3) is 5.78 Å². The van der Waals surface area contributed by atoms with E-state index in [0.717, 1.165) is 10.3 Å². The van der Waals surface area contributed by atoms with Crippen molar-refractivity contribution in [3.63, 3.8) is 0 Å². The minimum Gasteiger partial charge on any atom is -0.273 e. The highest BCUT2D eigenvalue weighted by atomic mass is 79.9. The molecular weight excluding hydrogens is 287 g/mol. The maximum Gasteiger partial charge on any atom is 0.252 e. The predicted octanol–water partition coefficient (Wildman–Crippen LogP) is 2.93. The van der Waals surface area contributed by atoms with Crippen molar-refractivity contribution in [2.45, 2.75) is 6.92 Å². The maximum absolute atomic E-state index is 13.1. The van der Waals surface area contributed by atoms with Crippen molar-refractivity contribution < 1.29 is 4.39 Å². The Morgan fingerprint density at radius 1 is 1.35 bits per heavy atom. The van der Waals surface area contributed by atoms with Crippen LogP contribution in [0.2, 0.25) is 0 Å². The van der Waals surface area contributed by atoms with E-state index in [1.807, 2.05) is 6.92 Å². The summed E-state index contributed by atoms with van der Waals surface area (Å²) in [4.78, 5) is 8.57. The van der Waals surface area contributed by atoms with Crippen LogP contribution in [0.1, 0.15) is 5.69 Å². The van der Waals surface area contributed by atoms with Crippen LogP contribution >= 0.6 is 15.9 Å². The predicted molar refractivity (Wildman–Crippen MR) is 65.2 cm³/mol. The summed E-state index contributed by atoms with van der Waals surface area (Å²) in [6.45, 7) is 1.88. The van der Waals surface area contributed by atoms with E-state index >= 15 is 0 Å². The molecule has 6 heteroatoms. The molecule has 0 saturated heterocycles. The molecule has 0 aliphatic carbocycles. The quantitative estimate of drug-likeness (QED) is 0.750. The highest BCUT2D eigenvalue weighted by Gasteiger charge is 2.11. The van der Waals surface area contributed by atoms with E-state index in [1.54, 1.807) is 16.6 Å². The van der Waals surface area contributed by atoms with Crippen LogP contribution in [0.25, 0.3) is 17.2 Å². The number of hydrogen-bond acceptors (Lipinski definition) is 2. The van der Waals surface area contributed by atoms with E-state index in [0.29, 0.717) is 17.2 Å². The van der Waals surface area contributed by atoms with Crippen molar-refractivity contribution in [2.24, 2.45) is 0 Å². The molecule has 17 heavy (non-hydrogen) atoms. The number of nitrogens with zero attached hydrogens (tertiary/aromatic N) is 3. The zero-order valence-corrected chi connectivity index (χ0v) is 10.5. The fourth-order valence-electron chi connectivity index (χ4n) is 1.67. The fraction of sp³-hybridized carbons (Fsp3) is 0.0909. The molecule has 2 aromatic heterocycles. The Morgan fingerprint density at radius 2 is 2.18 bits per heavy atom. The van der Waals surface area contributed by atoms with Crippen molar-refractivity contribution >= 4 is 21.7 Å². The van der Waals surface area contributed by atoms with Crippen LogP contribution in [0.4, 0.5) is 4.39 Å².